The average molecular weight is 352 g/mol. The lowest BCUT2D eigenvalue weighted by atomic mass is 10.2. The lowest BCUT2D eigenvalue weighted by Gasteiger charge is -2.17. The molecule has 1 saturated heterocycles. The van der Waals surface area contributed by atoms with Crippen LogP contribution in [0, 0.1) is 5.82 Å². The zero-order valence-electron chi connectivity index (χ0n) is 12.1. The molecule has 1 aromatic rings. The summed E-state index contributed by atoms with van der Waals surface area (Å²) in [4.78, 5) is 10.7. The summed E-state index contributed by atoms with van der Waals surface area (Å²) in [7, 11) is -2.86. The van der Waals surface area contributed by atoms with Gasteiger partial charge in [0.15, 0.2) is 0 Å². The van der Waals surface area contributed by atoms with Gasteiger partial charge in [0.1, 0.15) is 5.82 Å². The Kier molecular flexibility index (Phi) is 5.15. The molecule has 0 bridgehead atoms. The van der Waals surface area contributed by atoms with E-state index in [9.17, 15) is 26.4 Å². The summed E-state index contributed by atoms with van der Waals surface area (Å²) in [5, 5.41) is 2.47. The standard InChI is InChI=1S/C13H15F3N2O4S/c1-22-13(19)17-8-4-5-18(7-8)23(20,21)9-2-3-11(14)10(6-9)12(15)16/h2-3,6,8,12H,4-5,7H2,1H3,(H,17,19)/t8-/m0/s1. The van der Waals surface area contributed by atoms with Gasteiger partial charge in [-0.05, 0) is 24.6 Å². The third kappa shape index (κ3) is 3.75. The Hall–Kier alpha value is -1.81. The zero-order valence-corrected chi connectivity index (χ0v) is 12.9. The summed E-state index contributed by atoms with van der Waals surface area (Å²) in [5.41, 5.74) is -0.963. The smallest absolute Gasteiger partial charge is 0.407 e. The molecule has 1 amide bonds. The summed E-state index contributed by atoms with van der Waals surface area (Å²) in [5.74, 6) is -1.16. The van der Waals surface area contributed by atoms with Crippen LogP contribution >= 0.6 is 0 Å². The molecule has 128 valence electrons. The number of hydrogen-bond donors (Lipinski definition) is 1. The fourth-order valence-corrected chi connectivity index (χ4v) is 3.82. The first-order valence-corrected chi connectivity index (χ1v) is 8.12. The summed E-state index contributed by atoms with van der Waals surface area (Å²) >= 11 is 0. The summed E-state index contributed by atoms with van der Waals surface area (Å²) in [6, 6.07) is 1.84. The molecule has 1 aromatic carbocycles. The normalized spacial score (nSPS) is 19.1. The minimum absolute atomic E-state index is 0.0151. The molecule has 1 atom stereocenters. The van der Waals surface area contributed by atoms with Gasteiger partial charge < -0.3 is 10.1 Å². The summed E-state index contributed by atoms with van der Waals surface area (Å²) in [6.07, 6.45) is -3.44. The Morgan fingerprint density at radius 3 is 2.74 bits per heavy atom. The van der Waals surface area contributed by atoms with Crippen LogP contribution in [0.2, 0.25) is 0 Å². The molecule has 1 heterocycles. The van der Waals surface area contributed by atoms with Crippen LogP contribution in [0.5, 0.6) is 0 Å². The van der Waals surface area contributed by atoms with E-state index >= 15 is 0 Å². The number of alkyl carbamates (subject to hydrolysis) is 1. The molecule has 2 rings (SSSR count). The minimum Gasteiger partial charge on any atom is -0.453 e. The van der Waals surface area contributed by atoms with Crippen molar-refractivity contribution in [1.82, 2.24) is 9.62 Å². The van der Waals surface area contributed by atoms with E-state index < -0.39 is 44.9 Å². The van der Waals surface area contributed by atoms with Crippen molar-refractivity contribution in [2.24, 2.45) is 0 Å². The van der Waals surface area contributed by atoms with Gasteiger partial charge in [-0.15, -0.1) is 0 Å². The van der Waals surface area contributed by atoms with Crippen molar-refractivity contribution in [2.75, 3.05) is 20.2 Å². The number of hydrogen-bond acceptors (Lipinski definition) is 4. The monoisotopic (exact) mass is 352 g/mol. The van der Waals surface area contributed by atoms with Gasteiger partial charge in [-0.1, -0.05) is 0 Å². The third-order valence-electron chi connectivity index (χ3n) is 3.50. The number of carbonyl (C=O) groups excluding carboxylic acids is 1. The molecule has 1 N–H and O–H groups in total. The molecule has 1 aliphatic heterocycles. The molecule has 1 fully saturated rings. The number of ether oxygens (including phenoxy) is 1. The SMILES string of the molecule is COC(=O)N[C@H]1CCN(S(=O)(=O)c2ccc(F)c(C(F)F)c2)C1. The van der Waals surface area contributed by atoms with E-state index in [-0.39, 0.29) is 13.1 Å². The number of rotatable bonds is 4. The van der Waals surface area contributed by atoms with Crippen molar-refractivity contribution in [3.63, 3.8) is 0 Å². The van der Waals surface area contributed by atoms with E-state index in [1.165, 1.54) is 7.11 Å². The van der Waals surface area contributed by atoms with Gasteiger partial charge in [-0.25, -0.2) is 26.4 Å². The Balaban J connectivity index is 2.20. The number of nitrogens with one attached hydrogen (secondary N) is 1. The highest BCUT2D eigenvalue weighted by molar-refractivity contribution is 7.89. The maximum absolute atomic E-state index is 13.3. The highest BCUT2D eigenvalue weighted by atomic mass is 32.2. The average Bonchev–Trinajstić information content (AvgIpc) is 2.96. The van der Waals surface area contributed by atoms with Gasteiger partial charge in [-0.3, -0.25) is 0 Å². The summed E-state index contributed by atoms with van der Waals surface area (Å²) in [6.45, 7) is 0.0944. The van der Waals surface area contributed by atoms with E-state index in [1.54, 1.807) is 0 Å². The number of benzene rings is 1. The largest absolute Gasteiger partial charge is 0.453 e. The van der Waals surface area contributed by atoms with E-state index in [2.05, 4.69) is 10.1 Å². The maximum Gasteiger partial charge on any atom is 0.407 e. The molecule has 0 unspecified atom stereocenters. The molecule has 0 aromatic heterocycles. The second kappa shape index (κ2) is 6.75. The van der Waals surface area contributed by atoms with Crippen LogP contribution in [-0.2, 0) is 14.8 Å². The number of sulfonamides is 1. The molecule has 1 aliphatic rings. The Morgan fingerprint density at radius 2 is 2.13 bits per heavy atom. The van der Waals surface area contributed by atoms with Gasteiger partial charge in [0.05, 0.1) is 17.6 Å². The molecule has 10 heteroatoms. The molecule has 0 saturated carbocycles. The predicted octanol–water partition coefficient (Wildman–Crippen LogP) is 1.88. The van der Waals surface area contributed by atoms with E-state index in [4.69, 9.17) is 0 Å². The number of carbonyl (C=O) groups is 1. The van der Waals surface area contributed by atoms with Crippen LogP contribution in [0.25, 0.3) is 0 Å². The zero-order chi connectivity index (χ0) is 17.2. The number of methoxy groups -OCH3 is 1. The Morgan fingerprint density at radius 1 is 1.43 bits per heavy atom. The first kappa shape index (κ1) is 17.5. The lowest BCUT2D eigenvalue weighted by molar-refractivity contribution is 0.146. The highest BCUT2D eigenvalue weighted by Gasteiger charge is 2.34. The molecular formula is C13H15F3N2O4S. The predicted molar refractivity (Wildman–Crippen MR) is 74.1 cm³/mol. The maximum atomic E-state index is 13.3. The molecule has 0 aliphatic carbocycles. The van der Waals surface area contributed by atoms with Crippen molar-refractivity contribution < 1.29 is 31.1 Å². The van der Waals surface area contributed by atoms with Crippen LogP contribution < -0.4 is 5.32 Å². The van der Waals surface area contributed by atoms with Crippen molar-refractivity contribution in [3.05, 3.63) is 29.6 Å². The second-order valence-corrected chi connectivity index (χ2v) is 6.91. The number of amides is 1. The van der Waals surface area contributed by atoms with E-state index in [1.807, 2.05) is 0 Å². The minimum atomic E-state index is -4.05. The van der Waals surface area contributed by atoms with E-state index in [0.717, 1.165) is 10.4 Å². The van der Waals surface area contributed by atoms with Gasteiger partial charge in [0.2, 0.25) is 10.0 Å². The van der Waals surface area contributed by atoms with E-state index in [0.29, 0.717) is 18.6 Å². The van der Waals surface area contributed by atoms with Crippen molar-refractivity contribution >= 4 is 16.1 Å². The first-order valence-electron chi connectivity index (χ1n) is 6.68. The van der Waals surface area contributed by atoms with Gasteiger partial charge >= 0.3 is 6.09 Å². The number of halogens is 3. The van der Waals surface area contributed by atoms with Crippen LogP contribution in [-0.4, -0.2) is 45.1 Å². The first-order chi connectivity index (χ1) is 10.8. The van der Waals surface area contributed by atoms with Crippen molar-refractivity contribution in [1.29, 1.82) is 0 Å². The van der Waals surface area contributed by atoms with Crippen LogP contribution in [0.3, 0.4) is 0 Å². The van der Waals surface area contributed by atoms with Crippen LogP contribution in [0.4, 0.5) is 18.0 Å². The quantitative estimate of drug-likeness (QED) is 0.898. The Labute approximate surface area is 131 Å². The fraction of sp³-hybridized carbons (Fsp3) is 0.462. The van der Waals surface area contributed by atoms with Gasteiger partial charge in [0.25, 0.3) is 6.43 Å². The number of alkyl halides is 2. The number of nitrogens with zero attached hydrogens (tertiary/aromatic N) is 1. The molecular weight excluding hydrogens is 337 g/mol. The molecule has 6 nitrogen and oxygen atoms in total. The lowest BCUT2D eigenvalue weighted by Crippen LogP contribution is -2.38. The summed E-state index contributed by atoms with van der Waals surface area (Å²) < 4.78 is 69.1. The van der Waals surface area contributed by atoms with Crippen LogP contribution in [0.15, 0.2) is 23.1 Å². The van der Waals surface area contributed by atoms with Crippen LogP contribution in [0.1, 0.15) is 18.4 Å². The molecule has 0 spiro atoms. The molecule has 0 radical (unpaired) electrons. The third-order valence-corrected chi connectivity index (χ3v) is 5.36. The van der Waals surface area contributed by atoms with Crippen molar-refractivity contribution in [2.45, 2.75) is 23.8 Å². The molecule has 23 heavy (non-hydrogen) atoms. The Bertz CT molecular complexity index is 696. The van der Waals surface area contributed by atoms with Crippen molar-refractivity contribution in [3.8, 4) is 0 Å². The van der Waals surface area contributed by atoms with Gasteiger partial charge in [0, 0.05) is 19.1 Å². The topological polar surface area (TPSA) is 75.7 Å². The highest BCUT2D eigenvalue weighted by Crippen LogP contribution is 2.27. The van der Waals surface area contributed by atoms with Gasteiger partial charge in [-0.2, -0.15) is 4.31 Å². The second-order valence-electron chi connectivity index (χ2n) is 4.97. The fourth-order valence-electron chi connectivity index (χ4n) is 2.29.